The minimum atomic E-state index is 0.171. The Labute approximate surface area is 157 Å². The van der Waals surface area contributed by atoms with E-state index in [2.05, 4.69) is 26.4 Å². The van der Waals surface area contributed by atoms with Crippen LogP contribution in [0, 0.1) is 0 Å². The summed E-state index contributed by atoms with van der Waals surface area (Å²) in [6.07, 6.45) is 16.9. The van der Waals surface area contributed by atoms with E-state index in [1.54, 1.807) is 13.4 Å². The standard InChI is InChI=1S/C20H34N4O2/c1-3-4-5-6-7-8-9-10-11-12-17(13-14-25)24-16-23-18-19(24)21-15-22-20(18)26-2/h15-17,25H,3-14H2,1-2H3. The fourth-order valence-corrected chi connectivity index (χ4v) is 3.51. The van der Waals surface area contributed by atoms with Crippen LogP contribution in [0.15, 0.2) is 12.7 Å². The summed E-state index contributed by atoms with van der Waals surface area (Å²) < 4.78 is 7.33. The molecule has 0 aromatic carbocycles. The zero-order valence-electron chi connectivity index (χ0n) is 16.4. The average Bonchev–Trinajstić information content (AvgIpc) is 3.10. The van der Waals surface area contributed by atoms with Gasteiger partial charge >= 0.3 is 0 Å². The average molecular weight is 363 g/mol. The highest BCUT2D eigenvalue weighted by Gasteiger charge is 2.17. The molecule has 2 aromatic heterocycles. The Kier molecular flexibility index (Phi) is 9.39. The SMILES string of the molecule is CCCCCCCCCCCC(CCO)n1cnc2c(OC)ncnc21. The van der Waals surface area contributed by atoms with Crippen molar-refractivity contribution in [3.8, 4) is 5.88 Å². The Morgan fingerprint density at radius 3 is 2.31 bits per heavy atom. The predicted molar refractivity (Wildman–Crippen MR) is 104 cm³/mol. The molecule has 1 unspecified atom stereocenters. The van der Waals surface area contributed by atoms with Crippen molar-refractivity contribution in [2.45, 2.75) is 83.6 Å². The van der Waals surface area contributed by atoms with Crippen LogP contribution in [0.5, 0.6) is 5.88 Å². The van der Waals surface area contributed by atoms with Crippen LogP contribution in [0.1, 0.15) is 83.6 Å². The van der Waals surface area contributed by atoms with E-state index in [-0.39, 0.29) is 12.6 Å². The quantitative estimate of drug-likeness (QED) is 0.494. The maximum absolute atomic E-state index is 9.46. The molecule has 0 aliphatic rings. The van der Waals surface area contributed by atoms with Gasteiger partial charge in [0, 0.05) is 12.6 Å². The molecule has 0 aliphatic carbocycles. The van der Waals surface area contributed by atoms with Crippen molar-refractivity contribution in [1.82, 2.24) is 19.5 Å². The number of hydrogen-bond acceptors (Lipinski definition) is 5. The molecule has 0 spiro atoms. The van der Waals surface area contributed by atoms with E-state index in [0.717, 1.165) is 18.5 Å². The molecule has 26 heavy (non-hydrogen) atoms. The lowest BCUT2D eigenvalue weighted by molar-refractivity contribution is 0.251. The van der Waals surface area contributed by atoms with E-state index in [4.69, 9.17) is 4.74 Å². The van der Waals surface area contributed by atoms with Crippen molar-refractivity contribution in [3.05, 3.63) is 12.7 Å². The maximum Gasteiger partial charge on any atom is 0.245 e. The van der Waals surface area contributed by atoms with Crippen LogP contribution in [0.4, 0.5) is 0 Å². The Morgan fingerprint density at radius 2 is 1.65 bits per heavy atom. The molecule has 0 saturated carbocycles. The van der Waals surface area contributed by atoms with Crippen molar-refractivity contribution in [2.24, 2.45) is 0 Å². The Balaban J connectivity index is 1.82. The second kappa shape index (κ2) is 11.8. The van der Waals surface area contributed by atoms with Gasteiger partial charge in [-0.25, -0.2) is 9.97 Å². The minimum Gasteiger partial charge on any atom is -0.479 e. The summed E-state index contributed by atoms with van der Waals surface area (Å²) in [5.41, 5.74) is 1.47. The van der Waals surface area contributed by atoms with Gasteiger partial charge in [-0.3, -0.25) is 0 Å². The fourth-order valence-electron chi connectivity index (χ4n) is 3.51. The lowest BCUT2D eigenvalue weighted by Gasteiger charge is -2.18. The maximum atomic E-state index is 9.46. The topological polar surface area (TPSA) is 73.1 Å². The largest absolute Gasteiger partial charge is 0.479 e. The van der Waals surface area contributed by atoms with Gasteiger partial charge < -0.3 is 14.4 Å². The Morgan fingerprint density at radius 1 is 0.962 bits per heavy atom. The Bertz CT molecular complexity index is 629. The summed E-state index contributed by atoms with van der Waals surface area (Å²) in [7, 11) is 1.59. The van der Waals surface area contributed by atoms with Crippen molar-refractivity contribution in [3.63, 3.8) is 0 Å². The minimum absolute atomic E-state index is 0.171. The molecule has 0 radical (unpaired) electrons. The molecule has 0 bridgehead atoms. The highest BCUT2D eigenvalue weighted by atomic mass is 16.5. The van der Waals surface area contributed by atoms with Crippen LogP contribution >= 0.6 is 0 Å². The zero-order chi connectivity index (χ0) is 18.6. The van der Waals surface area contributed by atoms with Crippen LogP contribution in [-0.4, -0.2) is 38.3 Å². The van der Waals surface area contributed by atoms with Crippen molar-refractivity contribution in [1.29, 1.82) is 0 Å². The number of aliphatic hydroxyl groups excluding tert-OH is 1. The molecule has 2 aromatic rings. The molecule has 0 aliphatic heterocycles. The number of aromatic nitrogens is 4. The lowest BCUT2D eigenvalue weighted by atomic mass is 10.0. The molecule has 6 heteroatoms. The van der Waals surface area contributed by atoms with Crippen LogP contribution in [0.2, 0.25) is 0 Å². The number of methoxy groups -OCH3 is 1. The summed E-state index contributed by atoms with van der Waals surface area (Å²) in [4.78, 5) is 12.9. The van der Waals surface area contributed by atoms with Crippen LogP contribution in [0.25, 0.3) is 11.2 Å². The highest BCUT2D eigenvalue weighted by Crippen LogP contribution is 2.26. The molecule has 146 valence electrons. The summed E-state index contributed by atoms with van der Waals surface area (Å²) in [5.74, 6) is 0.500. The predicted octanol–water partition coefficient (Wildman–Crippen LogP) is 4.68. The van der Waals surface area contributed by atoms with Gasteiger partial charge in [0.05, 0.1) is 13.4 Å². The highest BCUT2D eigenvalue weighted by molar-refractivity contribution is 5.76. The van der Waals surface area contributed by atoms with Gasteiger partial charge in [-0.2, -0.15) is 4.98 Å². The summed E-state index contributed by atoms with van der Waals surface area (Å²) >= 11 is 0. The fraction of sp³-hybridized carbons (Fsp3) is 0.750. The first kappa shape index (κ1) is 20.6. The molecule has 1 atom stereocenters. The Hall–Kier alpha value is -1.69. The summed E-state index contributed by atoms with van der Waals surface area (Å²) in [5, 5.41) is 9.46. The van der Waals surface area contributed by atoms with Crippen LogP contribution in [-0.2, 0) is 0 Å². The monoisotopic (exact) mass is 362 g/mol. The number of fused-ring (bicyclic) bond motifs is 1. The molecule has 0 amide bonds. The molecular formula is C20H34N4O2. The van der Waals surface area contributed by atoms with E-state index in [1.807, 2.05) is 0 Å². The number of hydrogen-bond donors (Lipinski definition) is 1. The lowest BCUT2D eigenvalue weighted by Crippen LogP contribution is -2.11. The van der Waals surface area contributed by atoms with Crippen LogP contribution < -0.4 is 4.74 Å². The van der Waals surface area contributed by atoms with Gasteiger partial charge in [0.15, 0.2) is 11.2 Å². The molecular weight excluding hydrogens is 328 g/mol. The van der Waals surface area contributed by atoms with Crippen molar-refractivity contribution >= 4 is 11.2 Å². The van der Waals surface area contributed by atoms with Gasteiger partial charge in [0.25, 0.3) is 0 Å². The van der Waals surface area contributed by atoms with Gasteiger partial charge in [0.1, 0.15) is 6.33 Å². The molecule has 0 fully saturated rings. The zero-order valence-corrected chi connectivity index (χ0v) is 16.4. The van der Waals surface area contributed by atoms with Crippen LogP contribution in [0.3, 0.4) is 0 Å². The van der Waals surface area contributed by atoms with Gasteiger partial charge in [-0.15, -0.1) is 0 Å². The first-order valence-corrected chi connectivity index (χ1v) is 10.1. The molecule has 2 heterocycles. The second-order valence-electron chi connectivity index (χ2n) is 6.99. The normalized spacial score (nSPS) is 12.6. The third kappa shape index (κ3) is 5.94. The van der Waals surface area contributed by atoms with E-state index in [9.17, 15) is 5.11 Å². The third-order valence-electron chi connectivity index (χ3n) is 5.02. The molecule has 1 N–H and O–H groups in total. The van der Waals surface area contributed by atoms with Crippen molar-refractivity contribution < 1.29 is 9.84 Å². The van der Waals surface area contributed by atoms with Gasteiger partial charge in [-0.05, 0) is 12.8 Å². The number of ether oxygens (including phenoxy) is 1. The van der Waals surface area contributed by atoms with E-state index in [0.29, 0.717) is 11.4 Å². The molecule has 2 rings (SSSR count). The first-order chi connectivity index (χ1) is 12.8. The van der Waals surface area contributed by atoms with Crippen molar-refractivity contribution in [2.75, 3.05) is 13.7 Å². The van der Waals surface area contributed by atoms with E-state index in [1.165, 1.54) is 64.1 Å². The molecule has 0 saturated heterocycles. The first-order valence-electron chi connectivity index (χ1n) is 10.1. The van der Waals surface area contributed by atoms with Gasteiger partial charge in [0.2, 0.25) is 5.88 Å². The van der Waals surface area contributed by atoms with Gasteiger partial charge in [-0.1, -0.05) is 64.7 Å². The summed E-state index contributed by atoms with van der Waals surface area (Å²) in [6.45, 7) is 2.43. The number of aliphatic hydroxyl groups is 1. The number of nitrogens with zero attached hydrogens (tertiary/aromatic N) is 4. The summed E-state index contributed by atoms with van der Waals surface area (Å²) in [6, 6.07) is 0.217. The second-order valence-corrected chi connectivity index (χ2v) is 6.99. The number of rotatable bonds is 14. The number of imidazole rings is 1. The molecule has 6 nitrogen and oxygen atoms in total. The number of unbranched alkanes of at least 4 members (excludes halogenated alkanes) is 8. The van der Waals surface area contributed by atoms with E-state index < -0.39 is 0 Å². The third-order valence-corrected chi connectivity index (χ3v) is 5.02. The smallest absolute Gasteiger partial charge is 0.245 e. The van der Waals surface area contributed by atoms with E-state index >= 15 is 0 Å².